The molecule has 0 spiro atoms. The Balaban J connectivity index is 1.96. The summed E-state index contributed by atoms with van der Waals surface area (Å²) >= 11 is 8.88. The van der Waals surface area contributed by atoms with Crippen LogP contribution in [0.5, 0.6) is 5.75 Å². The van der Waals surface area contributed by atoms with Crippen molar-refractivity contribution < 1.29 is 4.74 Å². The maximum absolute atomic E-state index is 5.74. The van der Waals surface area contributed by atoms with Crippen molar-refractivity contribution in [3.05, 3.63) is 51.3 Å². The lowest BCUT2D eigenvalue weighted by Gasteiger charge is -2.11. The van der Waals surface area contributed by atoms with Gasteiger partial charge in [-0.05, 0) is 40.3 Å². The van der Waals surface area contributed by atoms with Crippen molar-refractivity contribution >= 4 is 39.3 Å². The summed E-state index contributed by atoms with van der Waals surface area (Å²) in [7, 11) is 0. The quantitative estimate of drug-likeness (QED) is 0.680. The van der Waals surface area contributed by atoms with Gasteiger partial charge in [0.15, 0.2) is 10.4 Å². The van der Waals surface area contributed by atoms with Gasteiger partial charge in [-0.25, -0.2) is 4.98 Å². The molecule has 0 radical (unpaired) electrons. The van der Waals surface area contributed by atoms with Crippen molar-refractivity contribution in [2.24, 2.45) is 0 Å². The Morgan fingerprint density at radius 2 is 2.25 bits per heavy atom. The molecule has 0 amide bonds. The largest absolute Gasteiger partial charge is 0.491 e. The molecule has 1 aliphatic heterocycles. The first-order chi connectivity index (χ1) is 9.74. The van der Waals surface area contributed by atoms with Gasteiger partial charge in [-0.2, -0.15) is 0 Å². The van der Waals surface area contributed by atoms with Gasteiger partial charge in [0.25, 0.3) is 0 Å². The van der Waals surface area contributed by atoms with Gasteiger partial charge in [-0.15, -0.1) is 0 Å². The van der Waals surface area contributed by atoms with Gasteiger partial charge in [-0.3, -0.25) is 4.57 Å². The fourth-order valence-corrected chi connectivity index (χ4v) is 3.29. The zero-order valence-corrected chi connectivity index (χ0v) is 12.7. The van der Waals surface area contributed by atoms with Crippen molar-refractivity contribution in [2.45, 2.75) is 6.04 Å². The summed E-state index contributed by atoms with van der Waals surface area (Å²) in [4.78, 5) is 7.69. The van der Waals surface area contributed by atoms with E-state index in [0.717, 1.165) is 26.9 Å². The van der Waals surface area contributed by atoms with Crippen LogP contribution < -0.4 is 4.74 Å². The number of fused-ring (bicyclic) bond motifs is 2. The molecule has 2 aromatic heterocycles. The number of benzene rings is 1. The lowest BCUT2D eigenvalue weighted by molar-refractivity contribution is 0.317. The zero-order valence-electron chi connectivity index (χ0n) is 10.3. The van der Waals surface area contributed by atoms with E-state index in [9.17, 15) is 0 Å². The Hall–Kier alpha value is -1.66. The standard InChI is InChI=1S/C14H10BrN3OS/c15-8-5-10-13(16-6-8)18(14(20)17-10)11-7-19-12-4-2-1-3-9(11)12/h1-6,11H,7H2,(H,17,20). The fraction of sp³-hybridized carbons (Fsp3) is 0.143. The van der Waals surface area contributed by atoms with Crippen molar-refractivity contribution in [3.63, 3.8) is 0 Å². The predicted octanol–water partition coefficient (Wildman–Crippen LogP) is 3.84. The van der Waals surface area contributed by atoms with Crippen LogP contribution in [0, 0.1) is 4.77 Å². The zero-order chi connectivity index (χ0) is 13.7. The topological polar surface area (TPSA) is 42.8 Å². The molecule has 1 unspecified atom stereocenters. The van der Waals surface area contributed by atoms with Crippen LogP contribution in [0.15, 0.2) is 41.0 Å². The number of para-hydroxylation sites is 1. The van der Waals surface area contributed by atoms with E-state index in [-0.39, 0.29) is 6.04 Å². The van der Waals surface area contributed by atoms with Crippen LogP contribution in [0.3, 0.4) is 0 Å². The molecule has 0 saturated carbocycles. The van der Waals surface area contributed by atoms with Crippen LogP contribution in [0.1, 0.15) is 11.6 Å². The molecule has 6 heteroatoms. The summed E-state index contributed by atoms with van der Waals surface area (Å²) in [5, 5.41) is 0. The fourth-order valence-electron chi connectivity index (χ4n) is 2.64. The smallest absolute Gasteiger partial charge is 0.179 e. The number of hydrogen-bond donors (Lipinski definition) is 1. The molecule has 3 heterocycles. The van der Waals surface area contributed by atoms with E-state index < -0.39 is 0 Å². The summed E-state index contributed by atoms with van der Waals surface area (Å²) in [5.74, 6) is 0.922. The summed E-state index contributed by atoms with van der Waals surface area (Å²) in [5.41, 5.74) is 2.92. The average Bonchev–Trinajstić information content (AvgIpc) is 2.98. The van der Waals surface area contributed by atoms with E-state index in [1.807, 2.05) is 28.8 Å². The maximum atomic E-state index is 5.74. The Morgan fingerprint density at radius 1 is 1.40 bits per heavy atom. The summed E-state index contributed by atoms with van der Waals surface area (Å²) in [6.07, 6.45) is 1.78. The first-order valence-corrected chi connectivity index (χ1v) is 7.41. The highest BCUT2D eigenvalue weighted by Gasteiger charge is 2.27. The summed E-state index contributed by atoms with van der Waals surface area (Å²) in [6.45, 7) is 0.582. The molecule has 0 bridgehead atoms. The molecule has 1 N–H and O–H groups in total. The van der Waals surface area contributed by atoms with Gasteiger partial charge in [0.2, 0.25) is 0 Å². The van der Waals surface area contributed by atoms with Gasteiger partial charge in [0, 0.05) is 16.2 Å². The molecule has 0 aliphatic carbocycles. The Bertz CT molecular complexity index is 870. The van der Waals surface area contributed by atoms with E-state index in [0.29, 0.717) is 11.4 Å². The molecule has 0 fully saturated rings. The van der Waals surface area contributed by atoms with Crippen molar-refractivity contribution in [2.75, 3.05) is 6.61 Å². The first kappa shape index (κ1) is 12.1. The minimum atomic E-state index is 0.0705. The van der Waals surface area contributed by atoms with Crippen LogP contribution in [0.25, 0.3) is 11.2 Å². The van der Waals surface area contributed by atoms with E-state index in [1.165, 1.54) is 0 Å². The number of ether oxygens (including phenoxy) is 1. The molecule has 0 saturated heterocycles. The highest BCUT2D eigenvalue weighted by Crippen LogP contribution is 2.36. The van der Waals surface area contributed by atoms with E-state index in [4.69, 9.17) is 17.0 Å². The van der Waals surface area contributed by atoms with Crippen molar-refractivity contribution in [3.8, 4) is 5.75 Å². The number of pyridine rings is 1. The van der Waals surface area contributed by atoms with Crippen LogP contribution >= 0.6 is 28.1 Å². The molecule has 4 rings (SSSR count). The van der Waals surface area contributed by atoms with Gasteiger partial charge in [0.05, 0.1) is 5.52 Å². The summed E-state index contributed by atoms with van der Waals surface area (Å²) in [6, 6.07) is 10.1. The first-order valence-electron chi connectivity index (χ1n) is 6.21. The number of nitrogens with zero attached hydrogens (tertiary/aromatic N) is 2. The van der Waals surface area contributed by atoms with Crippen LogP contribution in [-0.4, -0.2) is 21.1 Å². The number of H-pyrrole nitrogens is 1. The van der Waals surface area contributed by atoms with E-state index >= 15 is 0 Å². The number of aromatic amines is 1. The minimum absolute atomic E-state index is 0.0705. The van der Waals surface area contributed by atoms with Crippen LogP contribution in [-0.2, 0) is 0 Å². The number of imidazole rings is 1. The highest BCUT2D eigenvalue weighted by atomic mass is 79.9. The molecule has 1 aromatic carbocycles. The van der Waals surface area contributed by atoms with Crippen LogP contribution in [0.4, 0.5) is 0 Å². The molecule has 1 atom stereocenters. The van der Waals surface area contributed by atoms with Crippen LogP contribution in [0.2, 0.25) is 0 Å². The summed E-state index contributed by atoms with van der Waals surface area (Å²) < 4.78 is 9.37. The predicted molar refractivity (Wildman–Crippen MR) is 82.7 cm³/mol. The molecule has 3 aromatic rings. The Kier molecular flexibility index (Phi) is 2.68. The second-order valence-corrected chi connectivity index (χ2v) is 5.99. The van der Waals surface area contributed by atoms with Crippen molar-refractivity contribution in [1.82, 2.24) is 14.5 Å². The van der Waals surface area contributed by atoms with Crippen molar-refractivity contribution in [1.29, 1.82) is 0 Å². The lowest BCUT2D eigenvalue weighted by Crippen LogP contribution is -2.12. The third-order valence-electron chi connectivity index (χ3n) is 3.51. The SMILES string of the molecule is S=c1[nH]c2cc(Br)cnc2n1C1COc2ccccc21. The van der Waals surface area contributed by atoms with Gasteiger partial charge in [-0.1, -0.05) is 18.2 Å². The number of hydrogen-bond acceptors (Lipinski definition) is 3. The minimum Gasteiger partial charge on any atom is -0.491 e. The number of halogens is 1. The van der Waals surface area contributed by atoms with Gasteiger partial charge >= 0.3 is 0 Å². The Labute approximate surface area is 128 Å². The molecule has 4 nitrogen and oxygen atoms in total. The third kappa shape index (κ3) is 1.72. The van der Waals surface area contributed by atoms with E-state index in [1.54, 1.807) is 6.20 Å². The Morgan fingerprint density at radius 3 is 3.15 bits per heavy atom. The van der Waals surface area contributed by atoms with Gasteiger partial charge < -0.3 is 9.72 Å². The molecule has 1 aliphatic rings. The normalized spacial score (nSPS) is 17.1. The second-order valence-electron chi connectivity index (χ2n) is 4.69. The molecule has 20 heavy (non-hydrogen) atoms. The molecular weight excluding hydrogens is 338 g/mol. The second kappa shape index (κ2) is 4.43. The monoisotopic (exact) mass is 347 g/mol. The maximum Gasteiger partial charge on any atom is 0.179 e. The number of nitrogens with one attached hydrogen (secondary N) is 1. The average molecular weight is 348 g/mol. The number of rotatable bonds is 1. The van der Waals surface area contributed by atoms with Gasteiger partial charge in [0.1, 0.15) is 18.4 Å². The molecular formula is C14H10BrN3OS. The number of aromatic nitrogens is 3. The van der Waals surface area contributed by atoms with E-state index in [2.05, 4.69) is 32.0 Å². The third-order valence-corrected chi connectivity index (χ3v) is 4.24. The lowest BCUT2D eigenvalue weighted by atomic mass is 10.1. The highest BCUT2D eigenvalue weighted by molar-refractivity contribution is 9.10. The molecule has 100 valence electrons.